The first-order valence-electron chi connectivity index (χ1n) is 3.84. The van der Waals surface area contributed by atoms with Crippen molar-refractivity contribution in [1.82, 2.24) is 4.98 Å². The van der Waals surface area contributed by atoms with Crippen LogP contribution in [-0.2, 0) is 0 Å². The monoisotopic (exact) mass is 205 g/mol. The van der Waals surface area contributed by atoms with Gasteiger partial charge in [0.2, 0.25) is 0 Å². The van der Waals surface area contributed by atoms with Crippen molar-refractivity contribution < 1.29 is 0 Å². The van der Waals surface area contributed by atoms with E-state index in [1.165, 1.54) is 11.3 Å². The highest BCUT2D eigenvalue weighted by molar-refractivity contribution is 7.14. The number of nitrogens with one attached hydrogen (secondary N) is 1. The molecule has 0 saturated heterocycles. The van der Waals surface area contributed by atoms with Gasteiger partial charge in [0.05, 0.1) is 0 Å². The zero-order valence-electron chi connectivity index (χ0n) is 6.88. The van der Waals surface area contributed by atoms with Crippen LogP contribution in [-0.4, -0.2) is 17.6 Å². The summed E-state index contributed by atoms with van der Waals surface area (Å²) in [5, 5.41) is 6.38. The minimum atomic E-state index is 0.298. The molecule has 12 heavy (non-hydrogen) atoms. The third-order valence-electron chi connectivity index (χ3n) is 1.58. The Morgan fingerprint density at radius 2 is 2.58 bits per heavy atom. The van der Waals surface area contributed by atoms with E-state index in [4.69, 9.17) is 17.3 Å². The molecule has 1 atom stereocenters. The molecule has 0 aliphatic heterocycles. The second-order valence-corrected chi connectivity index (χ2v) is 3.71. The van der Waals surface area contributed by atoms with Crippen LogP contribution in [0.2, 0.25) is 5.15 Å². The standard InChI is InChI=1S/C7H12ClN3S/c1-2-5(3-9)10-7-11-6(8)4-12-7/h4-5H,2-3,9H2,1H3,(H,10,11). The van der Waals surface area contributed by atoms with Crippen molar-refractivity contribution in [2.45, 2.75) is 19.4 Å². The summed E-state index contributed by atoms with van der Waals surface area (Å²) in [6.45, 7) is 2.70. The van der Waals surface area contributed by atoms with Gasteiger partial charge >= 0.3 is 0 Å². The van der Waals surface area contributed by atoms with E-state index in [1.54, 1.807) is 5.38 Å². The Labute approximate surface area is 80.9 Å². The van der Waals surface area contributed by atoms with E-state index in [0.717, 1.165) is 11.6 Å². The van der Waals surface area contributed by atoms with Crippen LogP contribution >= 0.6 is 22.9 Å². The van der Waals surface area contributed by atoms with E-state index in [1.807, 2.05) is 0 Å². The van der Waals surface area contributed by atoms with Crippen molar-refractivity contribution in [3.8, 4) is 0 Å². The van der Waals surface area contributed by atoms with E-state index in [-0.39, 0.29) is 0 Å². The van der Waals surface area contributed by atoms with Crippen LogP contribution in [0.15, 0.2) is 5.38 Å². The number of nitrogens with zero attached hydrogens (tertiary/aromatic N) is 1. The first kappa shape index (κ1) is 9.77. The Balaban J connectivity index is 2.50. The summed E-state index contributed by atoms with van der Waals surface area (Å²) in [5.41, 5.74) is 5.52. The van der Waals surface area contributed by atoms with Gasteiger partial charge in [0.15, 0.2) is 5.13 Å². The summed E-state index contributed by atoms with van der Waals surface area (Å²) in [5.74, 6) is 0. The maximum Gasteiger partial charge on any atom is 0.184 e. The van der Waals surface area contributed by atoms with Gasteiger partial charge < -0.3 is 11.1 Å². The Hall–Kier alpha value is -0.320. The number of hydrogen-bond donors (Lipinski definition) is 2. The van der Waals surface area contributed by atoms with Crippen LogP contribution < -0.4 is 11.1 Å². The largest absolute Gasteiger partial charge is 0.357 e. The highest BCUT2D eigenvalue weighted by Crippen LogP contribution is 2.19. The summed E-state index contributed by atoms with van der Waals surface area (Å²) < 4.78 is 0. The number of rotatable bonds is 4. The summed E-state index contributed by atoms with van der Waals surface area (Å²) in [6, 6.07) is 0.298. The molecule has 0 saturated carbocycles. The lowest BCUT2D eigenvalue weighted by Crippen LogP contribution is -2.27. The molecule has 1 aromatic rings. The Morgan fingerprint density at radius 1 is 1.83 bits per heavy atom. The fourth-order valence-corrected chi connectivity index (χ4v) is 1.74. The van der Waals surface area contributed by atoms with Crippen LogP contribution in [0.3, 0.4) is 0 Å². The Bertz CT molecular complexity index is 234. The summed E-state index contributed by atoms with van der Waals surface area (Å²) in [7, 11) is 0. The van der Waals surface area contributed by atoms with Gasteiger partial charge in [-0.2, -0.15) is 0 Å². The van der Waals surface area contributed by atoms with E-state index < -0.39 is 0 Å². The predicted octanol–water partition coefficient (Wildman–Crippen LogP) is 1.95. The van der Waals surface area contributed by atoms with Crippen molar-refractivity contribution in [3.63, 3.8) is 0 Å². The van der Waals surface area contributed by atoms with Gasteiger partial charge in [0, 0.05) is 18.0 Å². The molecule has 0 aliphatic rings. The van der Waals surface area contributed by atoms with E-state index >= 15 is 0 Å². The third-order valence-corrected chi connectivity index (χ3v) is 2.68. The van der Waals surface area contributed by atoms with Crippen LogP contribution in [0.25, 0.3) is 0 Å². The fourth-order valence-electron chi connectivity index (χ4n) is 0.823. The molecule has 0 radical (unpaired) electrons. The van der Waals surface area contributed by atoms with Crippen LogP contribution in [0.5, 0.6) is 0 Å². The van der Waals surface area contributed by atoms with Crippen molar-refractivity contribution in [2.24, 2.45) is 5.73 Å². The fraction of sp³-hybridized carbons (Fsp3) is 0.571. The van der Waals surface area contributed by atoms with Gasteiger partial charge in [-0.05, 0) is 6.42 Å². The number of nitrogens with two attached hydrogens (primary N) is 1. The van der Waals surface area contributed by atoms with Crippen molar-refractivity contribution in [1.29, 1.82) is 0 Å². The van der Waals surface area contributed by atoms with Crippen molar-refractivity contribution in [2.75, 3.05) is 11.9 Å². The zero-order chi connectivity index (χ0) is 8.97. The van der Waals surface area contributed by atoms with Crippen LogP contribution in [0, 0.1) is 0 Å². The second-order valence-electron chi connectivity index (χ2n) is 2.46. The molecule has 3 N–H and O–H groups in total. The molecule has 0 spiro atoms. The molecule has 0 aliphatic carbocycles. The molecular formula is C7H12ClN3S. The predicted molar refractivity (Wildman–Crippen MR) is 53.9 cm³/mol. The van der Waals surface area contributed by atoms with E-state index in [2.05, 4.69) is 17.2 Å². The molecule has 0 amide bonds. The minimum Gasteiger partial charge on any atom is -0.357 e. The van der Waals surface area contributed by atoms with Gasteiger partial charge in [-0.1, -0.05) is 18.5 Å². The number of halogens is 1. The zero-order valence-corrected chi connectivity index (χ0v) is 8.45. The average Bonchev–Trinajstić information content (AvgIpc) is 2.47. The highest BCUT2D eigenvalue weighted by Gasteiger charge is 2.05. The van der Waals surface area contributed by atoms with Gasteiger partial charge in [-0.3, -0.25) is 0 Å². The lowest BCUT2D eigenvalue weighted by atomic mass is 10.2. The summed E-state index contributed by atoms with van der Waals surface area (Å²) >= 11 is 7.16. The lowest BCUT2D eigenvalue weighted by molar-refractivity contribution is 0.703. The first-order valence-corrected chi connectivity index (χ1v) is 5.09. The van der Waals surface area contributed by atoms with Gasteiger partial charge in [0.25, 0.3) is 0 Å². The molecule has 1 unspecified atom stereocenters. The first-order chi connectivity index (χ1) is 5.76. The maximum atomic E-state index is 5.66. The molecule has 0 fully saturated rings. The highest BCUT2D eigenvalue weighted by atomic mass is 35.5. The van der Waals surface area contributed by atoms with Crippen LogP contribution in [0.1, 0.15) is 13.3 Å². The smallest absolute Gasteiger partial charge is 0.184 e. The van der Waals surface area contributed by atoms with Crippen LogP contribution in [0.4, 0.5) is 5.13 Å². The molecule has 0 aromatic carbocycles. The second kappa shape index (κ2) is 4.64. The van der Waals surface area contributed by atoms with Crippen molar-refractivity contribution in [3.05, 3.63) is 10.5 Å². The lowest BCUT2D eigenvalue weighted by Gasteiger charge is -2.12. The normalized spacial score (nSPS) is 12.9. The topological polar surface area (TPSA) is 50.9 Å². The molecule has 1 aromatic heterocycles. The quantitative estimate of drug-likeness (QED) is 0.790. The SMILES string of the molecule is CCC(CN)Nc1nc(Cl)cs1. The molecule has 0 bridgehead atoms. The molecule has 5 heteroatoms. The Kier molecular flexibility index (Phi) is 3.78. The van der Waals surface area contributed by atoms with Gasteiger partial charge in [0.1, 0.15) is 5.15 Å². The van der Waals surface area contributed by atoms with Gasteiger partial charge in [-0.15, -0.1) is 11.3 Å². The maximum absolute atomic E-state index is 5.66. The number of hydrogen-bond acceptors (Lipinski definition) is 4. The number of aromatic nitrogens is 1. The average molecular weight is 206 g/mol. The summed E-state index contributed by atoms with van der Waals surface area (Å²) in [6.07, 6.45) is 0.994. The van der Waals surface area contributed by atoms with E-state index in [9.17, 15) is 0 Å². The third kappa shape index (κ3) is 2.62. The summed E-state index contributed by atoms with van der Waals surface area (Å²) in [4.78, 5) is 4.06. The molecular weight excluding hydrogens is 194 g/mol. The molecule has 3 nitrogen and oxygen atoms in total. The van der Waals surface area contributed by atoms with Gasteiger partial charge in [-0.25, -0.2) is 4.98 Å². The number of anilines is 1. The molecule has 1 rings (SSSR count). The van der Waals surface area contributed by atoms with E-state index in [0.29, 0.717) is 17.7 Å². The molecule has 1 heterocycles. The van der Waals surface area contributed by atoms with Crippen molar-refractivity contribution >= 4 is 28.1 Å². The number of thiazole rings is 1. The Morgan fingerprint density at radius 3 is 3.00 bits per heavy atom. The molecule has 68 valence electrons. The minimum absolute atomic E-state index is 0.298.